The van der Waals surface area contributed by atoms with Crippen molar-refractivity contribution >= 4 is 5.69 Å². The Labute approximate surface area is 84.2 Å². The van der Waals surface area contributed by atoms with E-state index in [-0.39, 0.29) is 0 Å². The number of hydrogen-bond acceptors (Lipinski definition) is 1. The van der Waals surface area contributed by atoms with Crippen molar-refractivity contribution in [1.82, 2.24) is 0 Å². The number of benzene rings is 2. The van der Waals surface area contributed by atoms with Gasteiger partial charge in [0, 0.05) is 5.69 Å². The van der Waals surface area contributed by atoms with Gasteiger partial charge in [0.1, 0.15) is 0 Å². The predicted molar refractivity (Wildman–Crippen MR) is 60.1 cm³/mol. The third kappa shape index (κ3) is 1.94. The van der Waals surface area contributed by atoms with E-state index in [0.717, 1.165) is 12.1 Å². The van der Waals surface area contributed by atoms with Crippen LogP contribution < -0.4 is 5.73 Å². The number of para-hydroxylation sites is 1. The Bertz CT molecular complexity index is 407. The molecule has 1 heteroatoms. The average molecular weight is 183 g/mol. The van der Waals surface area contributed by atoms with Gasteiger partial charge < -0.3 is 5.73 Å². The molecule has 70 valence electrons. The van der Waals surface area contributed by atoms with Crippen LogP contribution in [0, 0.1) is 0 Å². The first-order chi connectivity index (χ1) is 6.86. The van der Waals surface area contributed by atoms with Crippen LogP contribution in [0.1, 0.15) is 11.1 Å². The summed E-state index contributed by atoms with van der Waals surface area (Å²) in [5, 5.41) is 0. The molecule has 1 nitrogen and oxygen atoms in total. The van der Waals surface area contributed by atoms with Crippen LogP contribution in [-0.4, -0.2) is 0 Å². The summed E-state index contributed by atoms with van der Waals surface area (Å²) in [6.45, 7) is 0. The fraction of sp³-hybridized carbons (Fsp3) is 0.0769. The lowest BCUT2D eigenvalue weighted by atomic mass is 10.0. The summed E-state index contributed by atoms with van der Waals surface area (Å²) in [6.07, 6.45) is 0.910. The van der Waals surface area contributed by atoms with E-state index in [4.69, 9.17) is 5.73 Å². The maximum absolute atomic E-state index is 5.87. The zero-order valence-corrected chi connectivity index (χ0v) is 7.98. The number of nitrogens with two attached hydrogens (primary N) is 1. The topological polar surface area (TPSA) is 26.0 Å². The monoisotopic (exact) mass is 183 g/mol. The van der Waals surface area contributed by atoms with Crippen molar-refractivity contribution in [3.05, 3.63) is 65.7 Å². The normalized spacial score (nSPS) is 10.0. The van der Waals surface area contributed by atoms with E-state index in [1.807, 2.05) is 24.3 Å². The first kappa shape index (κ1) is 8.82. The second-order valence-electron chi connectivity index (χ2n) is 3.36. The summed E-state index contributed by atoms with van der Waals surface area (Å²) in [7, 11) is 0. The molecule has 0 spiro atoms. The molecule has 0 saturated carbocycles. The van der Waals surface area contributed by atoms with Gasteiger partial charge in [-0.2, -0.15) is 0 Å². The van der Waals surface area contributed by atoms with E-state index >= 15 is 0 Å². The van der Waals surface area contributed by atoms with Crippen molar-refractivity contribution in [3.63, 3.8) is 0 Å². The number of hydrogen-bond donors (Lipinski definition) is 1. The van der Waals surface area contributed by atoms with Crippen LogP contribution in [-0.2, 0) is 6.42 Å². The molecule has 0 aliphatic rings. The minimum Gasteiger partial charge on any atom is -0.398 e. The van der Waals surface area contributed by atoms with E-state index < -0.39 is 0 Å². The molecule has 0 bridgehead atoms. The molecule has 0 aromatic heterocycles. The first-order valence-corrected chi connectivity index (χ1v) is 4.73. The third-order valence-electron chi connectivity index (χ3n) is 2.29. The SMILES string of the molecule is Nc1ccccc1Cc1ccccc1. The second kappa shape index (κ2) is 3.97. The van der Waals surface area contributed by atoms with Gasteiger partial charge in [-0.3, -0.25) is 0 Å². The lowest BCUT2D eigenvalue weighted by molar-refractivity contribution is 1.20. The largest absolute Gasteiger partial charge is 0.398 e. The molecule has 0 amide bonds. The molecular formula is C13H13N. The van der Waals surface area contributed by atoms with Crippen LogP contribution in [0.15, 0.2) is 54.6 Å². The Morgan fingerprint density at radius 1 is 0.786 bits per heavy atom. The summed E-state index contributed by atoms with van der Waals surface area (Å²) >= 11 is 0. The van der Waals surface area contributed by atoms with Gasteiger partial charge in [0.15, 0.2) is 0 Å². The highest BCUT2D eigenvalue weighted by Gasteiger charge is 1.98. The summed E-state index contributed by atoms with van der Waals surface area (Å²) in [5.41, 5.74) is 9.23. The zero-order chi connectivity index (χ0) is 9.80. The highest BCUT2D eigenvalue weighted by atomic mass is 14.6. The van der Waals surface area contributed by atoms with Crippen molar-refractivity contribution in [2.24, 2.45) is 0 Å². The van der Waals surface area contributed by atoms with Crippen LogP contribution >= 0.6 is 0 Å². The van der Waals surface area contributed by atoms with Crippen LogP contribution in [0.25, 0.3) is 0 Å². The fourth-order valence-corrected chi connectivity index (χ4v) is 1.51. The smallest absolute Gasteiger partial charge is 0.0349 e. The van der Waals surface area contributed by atoms with E-state index in [9.17, 15) is 0 Å². The van der Waals surface area contributed by atoms with Crippen molar-refractivity contribution in [2.45, 2.75) is 6.42 Å². The fourth-order valence-electron chi connectivity index (χ4n) is 1.51. The van der Waals surface area contributed by atoms with Crippen molar-refractivity contribution < 1.29 is 0 Å². The molecular weight excluding hydrogens is 170 g/mol. The average Bonchev–Trinajstić information content (AvgIpc) is 2.23. The van der Waals surface area contributed by atoms with Crippen molar-refractivity contribution in [1.29, 1.82) is 0 Å². The highest BCUT2D eigenvalue weighted by Crippen LogP contribution is 2.15. The summed E-state index contributed by atoms with van der Waals surface area (Å²) < 4.78 is 0. The Morgan fingerprint density at radius 2 is 1.43 bits per heavy atom. The Kier molecular flexibility index (Phi) is 2.50. The van der Waals surface area contributed by atoms with Gasteiger partial charge in [-0.1, -0.05) is 48.5 Å². The van der Waals surface area contributed by atoms with E-state index in [0.29, 0.717) is 0 Å². The van der Waals surface area contributed by atoms with Gasteiger partial charge in [-0.25, -0.2) is 0 Å². The molecule has 0 fully saturated rings. The molecule has 14 heavy (non-hydrogen) atoms. The van der Waals surface area contributed by atoms with E-state index in [1.54, 1.807) is 0 Å². The van der Waals surface area contributed by atoms with E-state index in [1.165, 1.54) is 11.1 Å². The molecule has 0 aliphatic heterocycles. The van der Waals surface area contributed by atoms with Crippen LogP contribution in [0.2, 0.25) is 0 Å². The van der Waals surface area contributed by atoms with Crippen LogP contribution in [0.5, 0.6) is 0 Å². The molecule has 0 atom stereocenters. The van der Waals surface area contributed by atoms with Gasteiger partial charge in [0.05, 0.1) is 0 Å². The molecule has 2 aromatic carbocycles. The lowest BCUT2D eigenvalue weighted by Crippen LogP contribution is -1.94. The number of rotatable bonds is 2. The molecule has 0 heterocycles. The summed E-state index contributed by atoms with van der Waals surface area (Å²) in [5.74, 6) is 0. The Balaban J connectivity index is 2.24. The minimum atomic E-state index is 0.872. The van der Waals surface area contributed by atoms with Gasteiger partial charge in [0.2, 0.25) is 0 Å². The first-order valence-electron chi connectivity index (χ1n) is 4.73. The van der Waals surface area contributed by atoms with Crippen molar-refractivity contribution in [2.75, 3.05) is 5.73 Å². The quantitative estimate of drug-likeness (QED) is 0.712. The number of anilines is 1. The number of nitrogen functional groups attached to an aromatic ring is 1. The summed E-state index contributed by atoms with van der Waals surface area (Å²) in [6, 6.07) is 18.4. The summed E-state index contributed by atoms with van der Waals surface area (Å²) in [4.78, 5) is 0. The predicted octanol–water partition coefficient (Wildman–Crippen LogP) is 2.86. The lowest BCUT2D eigenvalue weighted by Gasteiger charge is -2.04. The molecule has 2 aromatic rings. The standard InChI is InChI=1S/C13H13N/c14-13-9-5-4-8-12(13)10-11-6-2-1-3-7-11/h1-9H,10,14H2. The van der Waals surface area contributed by atoms with Crippen LogP contribution in [0.4, 0.5) is 5.69 Å². The van der Waals surface area contributed by atoms with Crippen LogP contribution in [0.3, 0.4) is 0 Å². The molecule has 2 rings (SSSR count). The van der Waals surface area contributed by atoms with E-state index in [2.05, 4.69) is 30.3 Å². The molecule has 0 aliphatic carbocycles. The van der Waals surface area contributed by atoms with Gasteiger partial charge >= 0.3 is 0 Å². The zero-order valence-electron chi connectivity index (χ0n) is 7.98. The highest BCUT2D eigenvalue weighted by molar-refractivity contribution is 5.48. The maximum Gasteiger partial charge on any atom is 0.0349 e. The third-order valence-corrected chi connectivity index (χ3v) is 2.29. The Morgan fingerprint density at radius 3 is 2.14 bits per heavy atom. The van der Waals surface area contributed by atoms with Gasteiger partial charge in [0.25, 0.3) is 0 Å². The molecule has 2 N–H and O–H groups in total. The molecule has 0 unspecified atom stereocenters. The minimum absolute atomic E-state index is 0.872. The maximum atomic E-state index is 5.87. The molecule has 0 saturated heterocycles. The van der Waals surface area contributed by atoms with Gasteiger partial charge in [-0.05, 0) is 23.6 Å². The van der Waals surface area contributed by atoms with Crippen molar-refractivity contribution in [3.8, 4) is 0 Å². The van der Waals surface area contributed by atoms with Gasteiger partial charge in [-0.15, -0.1) is 0 Å². The molecule has 0 radical (unpaired) electrons. The Hall–Kier alpha value is -1.76. The second-order valence-corrected chi connectivity index (χ2v) is 3.36.